The van der Waals surface area contributed by atoms with Crippen molar-refractivity contribution in [3.05, 3.63) is 34.1 Å². The highest BCUT2D eigenvalue weighted by Crippen LogP contribution is 2.45. The molecule has 1 aliphatic heterocycles. The molecule has 0 radical (unpaired) electrons. The van der Waals surface area contributed by atoms with Crippen LogP contribution in [-0.2, 0) is 10.0 Å². The maximum Gasteiger partial charge on any atom is 0.304 e. The Morgan fingerprint density at radius 3 is 2.48 bits per heavy atom. The number of β-amino-alcohol motifs (C(OH)–C–C–N with tert-alkyl or cyclic N) is 1. The number of benzene rings is 1. The number of aliphatic hydroxyl groups is 1. The van der Waals surface area contributed by atoms with Gasteiger partial charge in [-0.1, -0.05) is 0 Å². The van der Waals surface area contributed by atoms with Crippen molar-refractivity contribution in [1.29, 1.82) is 0 Å². The number of rotatable bonds is 4. The van der Waals surface area contributed by atoms with Crippen LogP contribution >= 0.6 is 0 Å². The minimum Gasteiger partial charge on any atom is -0.387 e. The Hall–Kier alpha value is -1.58. The van der Waals surface area contributed by atoms with E-state index in [9.17, 15) is 28.0 Å². The molecule has 114 valence electrons. The fraction of sp³-hybridized carbons (Fsp3) is 0.500. The molecule has 0 atom stereocenters. The van der Waals surface area contributed by atoms with Crippen molar-refractivity contribution < 1.29 is 22.8 Å². The summed E-state index contributed by atoms with van der Waals surface area (Å²) < 4.78 is 39.1. The highest BCUT2D eigenvalue weighted by molar-refractivity contribution is 7.89. The van der Waals surface area contributed by atoms with E-state index < -0.39 is 32.1 Å². The summed E-state index contributed by atoms with van der Waals surface area (Å²) in [5, 5.41) is 20.7. The van der Waals surface area contributed by atoms with E-state index in [1.807, 2.05) is 0 Å². The first kappa shape index (κ1) is 14.4. The van der Waals surface area contributed by atoms with Gasteiger partial charge in [0.2, 0.25) is 15.8 Å². The monoisotopic (exact) mass is 316 g/mol. The Morgan fingerprint density at radius 1 is 1.38 bits per heavy atom. The van der Waals surface area contributed by atoms with E-state index in [0.717, 1.165) is 29.3 Å². The van der Waals surface area contributed by atoms with Gasteiger partial charge < -0.3 is 5.11 Å². The molecule has 1 saturated carbocycles. The molecule has 2 fully saturated rings. The predicted molar refractivity (Wildman–Crippen MR) is 69.5 cm³/mol. The van der Waals surface area contributed by atoms with Crippen molar-refractivity contribution in [3.63, 3.8) is 0 Å². The molecule has 0 bridgehead atoms. The Morgan fingerprint density at radius 2 is 2.00 bits per heavy atom. The lowest BCUT2D eigenvalue weighted by Crippen LogP contribution is -2.64. The summed E-state index contributed by atoms with van der Waals surface area (Å²) >= 11 is 0. The molecule has 1 heterocycles. The van der Waals surface area contributed by atoms with E-state index in [-0.39, 0.29) is 23.9 Å². The second-order valence-corrected chi connectivity index (χ2v) is 7.46. The standard InChI is InChI=1S/C12H13FN2O5S/c13-10-5-9(3-4-11(10)15(17)18)21(19,20)14-6-12(16,7-14)8-1-2-8/h3-5,8,16H,1-2,6-7H2. The zero-order valence-corrected chi connectivity index (χ0v) is 11.7. The van der Waals surface area contributed by atoms with E-state index in [4.69, 9.17) is 0 Å². The maximum absolute atomic E-state index is 13.5. The van der Waals surface area contributed by atoms with Gasteiger partial charge in [0.05, 0.1) is 15.4 Å². The van der Waals surface area contributed by atoms with Gasteiger partial charge in [-0.2, -0.15) is 8.70 Å². The van der Waals surface area contributed by atoms with Crippen molar-refractivity contribution >= 4 is 15.7 Å². The zero-order chi connectivity index (χ0) is 15.4. The predicted octanol–water partition coefficient (Wildman–Crippen LogP) is 0.879. The Bertz CT molecular complexity index is 710. The summed E-state index contributed by atoms with van der Waals surface area (Å²) in [7, 11) is -3.93. The van der Waals surface area contributed by atoms with E-state index in [2.05, 4.69) is 0 Å². The van der Waals surface area contributed by atoms with Crippen molar-refractivity contribution in [2.75, 3.05) is 13.1 Å². The fourth-order valence-electron chi connectivity index (χ4n) is 2.56. The van der Waals surface area contributed by atoms with E-state index in [0.29, 0.717) is 6.07 Å². The van der Waals surface area contributed by atoms with Gasteiger partial charge in [0, 0.05) is 25.2 Å². The molecule has 7 nitrogen and oxygen atoms in total. The first-order valence-corrected chi connectivity index (χ1v) is 7.84. The quantitative estimate of drug-likeness (QED) is 0.656. The number of hydrogen-bond acceptors (Lipinski definition) is 5. The van der Waals surface area contributed by atoms with Crippen molar-refractivity contribution in [1.82, 2.24) is 4.31 Å². The lowest BCUT2D eigenvalue weighted by atomic mass is 9.91. The number of sulfonamides is 1. The maximum atomic E-state index is 13.5. The van der Waals surface area contributed by atoms with Crippen LogP contribution in [0.3, 0.4) is 0 Å². The van der Waals surface area contributed by atoms with Gasteiger partial charge in [-0.3, -0.25) is 10.1 Å². The number of nitrogens with zero attached hydrogens (tertiary/aromatic N) is 2. The van der Waals surface area contributed by atoms with Crippen LogP contribution in [0.15, 0.2) is 23.1 Å². The minimum absolute atomic E-state index is 0.0153. The minimum atomic E-state index is -3.93. The second kappa shape index (κ2) is 4.46. The third-order valence-corrected chi connectivity index (χ3v) is 5.78. The summed E-state index contributed by atoms with van der Waals surface area (Å²) in [5.41, 5.74) is -1.75. The Kier molecular flexibility index (Phi) is 3.05. The summed E-state index contributed by atoms with van der Waals surface area (Å²) in [6.07, 6.45) is 1.77. The number of hydrogen-bond donors (Lipinski definition) is 1. The normalized spacial score (nSPS) is 21.8. The molecule has 21 heavy (non-hydrogen) atoms. The highest BCUT2D eigenvalue weighted by Gasteiger charge is 2.55. The average Bonchev–Trinajstić information content (AvgIpc) is 3.18. The number of halogens is 1. The summed E-state index contributed by atoms with van der Waals surface area (Å²) in [6.45, 7) is -0.0305. The molecule has 1 aromatic rings. The fourth-order valence-corrected chi connectivity index (χ4v) is 4.14. The molecule has 2 aliphatic rings. The first-order valence-electron chi connectivity index (χ1n) is 6.40. The summed E-state index contributed by atoms with van der Waals surface area (Å²) in [4.78, 5) is 9.26. The van der Waals surface area contributed by atoms with E-state index in [1.165, 1.54) is 0 Å². The molecule has 1 aliphatic carbocycles. The van der Waals surface area contributed by atoms with Crippen LogP contribution in [-0.4, -0.2) is 41.4 Å². The van der Waals surface area contributed by atoms with Crippen molar-refractivity contribution in [2.45, 2.75) is 23.3 Å². The Balaban J connectivity index is 1.83. The molecule has 0 aromatic heterocycles. The van der Waals surface area contributed by atoms with Gasteiger partial charge in [0.15, 0.2) is 0 Å². The molecule has 3 rings (SSSR count). The molecule has 1 aromatic carbocycles. The van der Waals surface area contributed by atoms with Crippen LogP contribution in [0.4, 0.5) is 10.1 Å². The van der Waals surface area contributed by atoms with E-state index in [1.54, 1.807) is 0 Å². The van der Waals surface area contributed by atoms with E-state index >= 15 is 0 Å². The molecule has 0 spiro atoms. The topological polar surface area (TPSA) is 101 Å². The number of nitro groups is 1. The van der Waals surface area contributed by atoms with Crippen molar-refractivity contribution in [3.8, 4) is 0 Å². The van der Waals surface area contributed by atoms with Crippen LogP contribution in [0, 0.1) is 21.8 Å². The lowest BCUT2D eigenvalue weighted by molar-refractivity contribution is -0.387. The van der Waals surface area contributed by atoms with Gasteiger partial charge in [0.1, 0.15) is 0 Å². The van der Waals surface area contributed by atoms with Gasteiger partial charge >= 0.3 is 5.69 Å². The molecule has 0 unspecified atom stereocenters. The highest BCUT2D eigenvalue weighted by atomic mass is 32.2. The molecule has 9 heteroatoms. The molecular weight excluding hydrogens is 303 g/mol. The van der Waals surface area contributed by atoms with Gasteiger partial charge in [0.25, 0.3) is 0 Å². The van der Waals surface area contributed by atoms with Crippen molar-refractivity contribution in [2.24, 2.45) is 5.92 Å². The molecular formula is C12H13FN2O5S. The molecule has 1 saturated heterocycles. The summed E-state index contributed by atoms with van der Waals surface area (Å²) in [6, 6.07) is 2.47. The lowest BCUT2D eigenvalue weighted by Gasteiger charge is -2.45. The van der Waals surface area contributed by atoms with Gasteiger partial charge in [-0.15, -0.1) is 0 Å². The zero-order valence-electron chi connectivity index (χ0n) is 10.9. The molecule has 0 amide bonds. The smallest absolute Gasteiger partial charge is 0.304 e. The SMILES string of the molecule is O=[N+]([O-])c1ccc(S(=O)(=O)N2CC(O)(C3CC3)C2)cc1F. The third kappa shape index (κ3) is 2.30. The average molecular weight is 316 g/mol. The van der Waals surface area contributed by atoms with Crippen LogP contribution in [0.1, 0.15) is 12.8 Å². The van der Waals surface area contributed by atoms with Crippen LogP contribution in [0.2, 0.25) is 0 Å². The van der Waals surface area contributed by atoms with Gasteiger partial charge in [-0.05, 0) is 24.8 Å². The number of nitro benzene ring substituents is 1. The van der Waals surface area contributed by atoms with Gasteiger partial charge in [-0.25, -0.2) is 8.42 Å². The summed E-state index contributed by atoms with van der Waals surface area (Å²) in [5.74, 6) is -1.06. The first-order chi connectivity index (χ1) is 9.74. The van der Waals surface area contributed by atoms with Crippen LogP contribution in [0.5, 0.6) is 0 Å². The second-order valence-electron chi connectivity index (χ2n) is 5.52. The largest absolute Gasteiger partial charge is 0.387 e. The third-order valence-electron chi connectivity index (χ3n) is 3.99. The van der Waals surface area contributed by atoms with Crippen LogP contribution in [0.25, 0.3) is 0 Å². The molecule has 1 N–H and O–H groups in total. The van der Waals surface area contributed by atoms with Crippen LogP contribution < -0.4 is 0 Å². The Labute approximate surface area is 120 Å².